The molecule has 0 aromatic rings. The van der Waals surface area contributed by atoms with Crippen LogP contribution < -0.4 is 22.1 Å². The smallest absolute Gasteiger partial charge is 0.225 e. The molecule has 0 saturated carbocycles. The Morgan fingerprint density at radius 2 is 0.655 bits per heavy atom. The van der Waals surface area contributed by atoms with Crippen molar-refractivity contribution in [1.29, 1.82) is 0 Å². The van der Waals surface area contributed by atoms with Gasteiger partial charge in [0.2, 0.25) is 5.91 Å². The highest BCUT2D eigenvalue weighted by Gasteiger charge is 2.23. The van der Waals surface area contributed by atoms with Crippen LogP contribution >= 0.6 is 0 Å². The highest BCUT2D eigenvalue weighted by molar-refractivity contribution is 5.78. The minimum absolute atomic E-state index is 0.155. The predicted octanol–water partition coefficient (Wildman–Crippen LogP) is 14.2. The van der Waals surface area contributed by atoms with E-state index in [-0.39, 0.29) is 5.92 Å². The summed E-state index contributed by atoms with van der Waals surface area (Å²) in [5.41, 5.74) is 11.5. The number of carbonyl (C=O) groups is 1. The molecule has 0 radical (unpaired) electrons. The third-order valence-corrected chi connectivity index (χ3v) is 12.7. The van der Waals surface area contributed by atoms with E-state index < -0.39 is 0 Å². The molecule has 1 unspecified atom stereocenters. The number of hydrogen-bond donors (Lipinski definition) is 4. The van der Waals surface area contributed by atoms with Gasteiger partial charge in [0, 0.05) is 19.0 Å². The van der Waals surface area contributed by atoms with Gasteiger partial charge in [-0.1, -0.05) is 213 Å². The van der Waals surface area contributed by atoms with Crippen molar-refractivity contribution in [2.24, 2.45) is 17.4 Å². The van der Waals surface area contributed by atoms with E-state index in [2.05, 4.69) is 29.4 Å². The van der Waals surface area contributed by atoms with E-state index in [1.165, 1.54) is 218 Å². The van der Waals surface area contributed by atoms with Gasteiger partial charge >= 0.3 is 0 Å². The van der Waals surface area contributed by atoms with E-state index in [1.54, 1.807) is 0 Å². The Kier molecular flexibility index (Phi) is 50.1. The van der Waals surface area contributed by atoms with E-state index in [9.17, 15) is 4.79 Å². The van der Waals surface area contributed by atoms with Gasteiger partial charge in [0.05, 0.1) is 0 Å². The summed E-state index contributed by atoms with van der Waals surface area (Å²) in [4.78, 5) is 16.5. The van der Waals surface area contributed by atoms with Crippen LogP contribution in [0.1, 0.15) is 271 Å². The minimum atomic E-state index is 0.155. The number of hydrogen-bond acceptors (Lipinski definition) is 5. The van der Waals surface area contributed by atoms with Crippen molar-refractivity contribution in [3.8, 4) is 0 Å². The van der Waals surface area contributed by atoms with Crippen LogP contribution in [-0.4, -0.2) is 63.2 Å². The summed E-state index contributed by atoms with van der Waals surface area (Å²) >= 11 is 0. The van der Waals surface area contributed by atoms with Crippen molar-refractivity contribution < 1.29 is 4.79 Å². The van der Waals surface area contributed by atoms with Gasteiger partial charge in [-0.25, -0.2) is 0 Å². The molecule has 1 amide bonds. The van der Waals surface area contributed by atoms with Crippen LogP contribution in [0.2, 0.25) is 0 Å². The molecule has 0 aliphatic heterocycles. The van der Waals surface area contributed by atoms with E-state index in [0.717, 1.165) is 90.9 Å². The van der Waals surface area contributed by atoms with Gasteiger partial charge < -0.3 is 27.0 Å². The molecule has 58 heavy (non-hydrogen) atoms. The van der Waals surface area contributed by atoms with Crippen molar-refractivity contribution in [2.75, 3.05) is 52.4 Å². The first kappa shape index (κ1) is 57.3. The third kappa shape index (κ3) is 43.4. The van der Waals surface area contributed by atoms with Crippen molar-refractivity contribution >= 4 is 5.91 Å². The van der Waals surface area contributed by atoms with E-state index in [4.69, 9.17) is 11.5 Å². The van der Waals surface area contributed by atoms with Gasteiger partial charge in [0.15, 0.2) is 0 Å². The quantitative estimate of drug-likeness (QED) is 0.0459. The highest BCUT2D eigenvalue weighted by Crippen LogP contribution is 2.21. The summed E-state index contributed by atoms with van der Waals surface area (Å²) in [5, 5.41) is 7.14. The number of unbranched alkanes of at least 4 members (excludes halogenated alkanes) is 32. The average Bonchev–Trinajstić information content (AvgIpc) is 3.23. The normalized spacial score (nSPS) is 12.1. The molecule has 0 spiro atoms. The van der Waals surface area contributed by atoms with Gasteiger partial charge in [-0.15, -0.1) is 0 Å². The molecule has 0 aromatic carbocycles. The summed E-state index contributed by atoms with van der Waals surface area (Å²) in [5.74, 6) is 0.602. The molecule has 6 N–H and O–H groups in total. The van der Waals surface area contributed by atoms with Crippen molar-refractivity contribution in [3.05, 3.63) is 0 Å². The van der Waals surface area contributed by atoms with E-state index in [1.807, 2.05) is 0 Å². The first-order valence-corrected chi connectivity index (χ1v) is 26.8. The second-order valence-electron chi connectivity index (χ2n) is 18.4. The maximum atomic E-state index is 14.2. The van der Waals surface area contributed by atoms with Gasteiger partial charge in [-0.05, 0) is 97.1 Å². The van der Waals surface area contributed by atoms with Crippen molar-refractivity contribution in [3.63, 3.8) is 0 Å². The SMILES string of the molecule is CCCCCCCCCCCCCCCCCCN(CCCCCCCCCCCCCCCCCC)C(=O)C(CCCCN)CCCNCCCCNCCCN. The number of nitrogens with two attached hydrogens (primary N) is 2. The zero-order valence-corrected chi connectivity index (χ0v) is 40.0. The second-order valence-corrected chi connectivity index (χ2v) is 18.4. The van der Waals surface area contributed by atoms with E-state index in [0.29, 0.717) is 5.91 Å². The molecule has 0 aliphatic rings. The zero-order chi connectivity index (χ0) is 42.1. The molecule has 0 rings (SSSR count). The Morgan fingerprint density at radius 3 is 1.00 bits per heavy atom. The molecule has 6 nitrogen and oxygen atoms in total. The van der Waals surface area contributed by atoms with Crippen LogP contribution in [0.5, 0.6) is 0 Å². The number of carbonyl (C=O) groups excluding carboxylic acids is 1. The van der Waals surface area contributed by atoms with Gasteiger partial charge in [-0.3, -0.25) is 4.79 Å². The number of amides is 1. The summed E-state index contributed by atoms with van der Waals surface area (Å²) < 4.78 is 0. The maximum Gasteiger partial charge on any atom is 0.225 e. The van der Waals surface area contributed by atoms with Crippen LogP contribution in [-0.2, 0) is 4.79 Å². The largest absolute Gasteiger partial charge is 0.342 e. The predicted molar refractivity (Wildman–Crippen MR) is 260 cm³/mol. The van der Waals surface area contributed by atoms with Crippen LogP contribution in [0, 0.1) is 5.92 Å². The molecule has 0 saturated heterocycles. The standard InChI is InChI=1S/C52H109N5O/c1-3-5-7-9-11-13-15-17-19-21-23-25-27-29-31-37-49-57(50-38-32-30-28-26-24-22-20-18-16-14-12-10-8-6-4-2)52(58)51(41-33-34-43-53)42-39-47-55-45-35-36-46-56-48-40-44-54/h51,55-56H,3-50,53-54H2,1-2H3. The average molecular weight is 820 g/mol. The lowest BCUT2D eigenvalue weighted by molar-refractivity contribution is -0.136. The number of nitrogens with one attached hydrogen (secondary N) is 2. The Labute approximate surface area is 365 Å². The Hall–Kier alpha value is -0.690. The lowest BCUT2D eigenvalue weighted by atomic mass is 9.94. The Balaban J connectivity index is 4.57. The summed E-state index contributed by atoms with van der Waals surface area (Å²) in [6.07, 6.45) is 53.1. The summed E-state index contributed by atoms with van der Waals surface area (Å²) in [7, 11) is 0. The molecule has 0 aliphatic carbocycles. The summed E-state index contributed by atoms with van der Waals surface area (Å²) in [6.45, 7) is 12.2. The van der Waals surface area contributed by atoms with Crippen LogP contribution in [0.15, 0.2) is 0 Å². The van der Waals surface area contributed by atoms with Crippen molar-refractivity contribution in [1.82, 2.24) is 15.5 Å². The molecule has 1 atom stereocenters. The van der Waals surface area contributed by atoms with Crippen molar-refractivity contribution in [2.45, 2.75) is 271 Å². The molecule has 348 valence electrons. The molecular weight excluding hydrogens is 711 g/mol. The minimum Gasteiger partial charge on any atom is -0.342 e. The second kappa shape index (κ2) is 50.7. The molecule has 0 fully saturated rings. The number of rotatable bonds is 51. The first-order chi connectivity index (χ1) is 28.7. The lowest BCUT2D eigenvalue weighted by Crippen LogP contribution is -2.38. The topological polar surface area (TPSA) is 96.4 Å². The van der Waals surface area contributed by atoms with Crippen LogP contribution in [0.4, 0.5) is 0 Å². The monoisotopic (exact) mass is 820 g/mol. The first-order valence-electron chi connectivity index (χ1n) is 26.8. The Bertz CT molecular complexity index is 730. The molecule has 0 aromatic heterocycles. The number of nitrogens with zero attached hydrogens (tertiary/aromatic N) is 1. The fourth-order valence-electron chi connectivity index (χ4n) is 8.67. The maximum absolute atomic E-state index is 14.2. The van der Waals surface area contributed by atoms with Crippen LogP contribution in [0.3, 0.4) is 0 Å². The lowest BCUT2D eigenvalue weighted by Gasteiger charge is -2.28. The van der Waals surface area contributed by atoms with Gasteiger partial charge in [0.25, 0.3) is 0 Å². The third-order valence-electron chi connectivity index (χ3n) is 12.7. The highest BCUT2D eigenvalue weighted by atomic mass is 16.2. The summed E-state index contributed by atoms with van der Waals surface area (Å²) in [6, 6.07) is 0. The van der Waals surface area contributed by atoms with Gasteiger partial charge in [0.1, 0.15) is 0 Å². The molecule has 6 heteroatoms. The molecule has 0 bridgehead atoms. The molecule has 0 heterocycles. The fourth-order valence-corrected chi connectivity index (χ4v) is 8.67. The zero-order valence-electron chi connectivity index (χ0n) is 40.0. The van der Waals surface area contributed by atoms with Gasteiger partial charge in [-0.2, -0.15) is 0 Å². The Morgan fingerprint density at radius 1 is 0.362 bits per heavy atom. The molecular formula is C52H109N5O. The van der Waals surface area contributed by atoms with E-state index >= 15 is 0 Å². The van der Waals surface area contributed by atoms with Crippen LogP contribution in [0.25, 0.3) is 0 Å². The fraction of sp³-hybridized carbons (Fsp3) is 0.981.